The van der Waals surface area contributed by atoms with Crippen molar-refractivity contribution in [2.24, 2.45) is 5.92 Å². The quantitative estimate of drug-likeness (QED) is 0.0372. The van der Waals surface area contributed by atoms with Crippen LogP contribution in [0.2, 0.25) is 0 Å². The molecule has 3 aromatic rings. The van der Waals surface area contributed by atoms with Gasteiger partial charge in [0.2, 0.25) is 12.3 Å². The van der Waals surface area contributed by atoms with Crippen molar-refractivity contribution in [3.8, 4) is 17.1 Å². The maximum Gasteiger partial charge on any atom is 0.363 e. The lowest BCUT2D eigenvalue weighted by atomic mass is 9.90. The van der Waals surface area contributed by atoms with Crippen molar-refractivity contribution < 1.29 is 62.5 Å². The van der Waals surface area contributed by atoms with Gasteiger partial charge in [0.15, 0.2) is 12.0 Å². The van der Waals surface area contributed by atoms with E-state index in [1.165, 1.54) is 13.1 Å². The number of amides is 3. The Morgan fingerprint density at radius 1 is 0.935 bits per heavy atom. The van der Waals surface area contributed by atoms with Gasteiger partial charge in [0.05, 0.1) is 49.6 Å². The number of hydrogen-bond donors (Lipinski definition) is 5. The number of carboxylic acid groups (broad SMARTS) is 1. The Bertz CT molecular complexity index is 1850. The standard InChI is InChI=1S/C38H48N4O9.C5H9NO3.CH4O/c1-4-7-8-9-31(32(5-2)42(26-44)51-38(47)28-12-10-27(11-13-28)23-41-18-20-48-21-19-41)36(45)39-25-40-37(46)34-17-16-33(50-34)29-14-15-30(24-43)35(22-29)49-6-3;1-6-4(2-3-7)5(8)9;1-2/h10-17,22,24,26,31-32H,4-9,18-21,23,25H2,1-3H3,(H,39,45)(H,40,46);3-4,6H,2H2,1H3,(H,8,9);2H,1H3. The summed E-state index contributed by atoms with van der Waals surface area (Å²) in [5.74, 6) is -2.53. The zero-order valence-corrected chi connectivity index (χ0v) is 36.1. The number of carbonyl (C=O) groups is 7. The number of unbranched alkanes of at least 4 members (excludes halogenated alkanes) is 2. The summed E-state index contributed by atoms with van der Waals surface area (Å²) in [5.41, 5.74) is 2.35. The molecule has 3 unspecified atom stereocenters. The lowest BCUT2D eigenvalue weighted by Gasteiger charge is -2.31. The number of aliphatic hydroxyl groups is 1. The van der Waals surface area contributed by atoms with Crippen LogP contribution in [0.4, 0.5) is 0 Å². The zero-order valence-electron chi connectivity index (χ0n) is 36.1. The van der Waals surface area contributed by atoms with Crippen LogP contribution in [0.25, 0.3) is 11.3 Å². The number of ether oxygens (including phenoxy) is 2. The van der Waals surface area contributed by atoms with Crippen LogP contribution in [-0.2, 0) is 35.3 Å². The number of carboxylic acids is 1. The number of nitrogens with one attached hydrogen (secondary N) is 3. The lowest BCUT2D eigenvalue weighted by molar-refractivity contribution is -0.171. The summed E-state index contributed by atoms with van der Waals surface area (Å²) in [6, 6.07) is 13.7. The van der Waals surface area contributed by atoms with Crippen LogP contribution in [0.15, 0.2) is 59.0 Å². The van der Waals surface area contributed by atoms with Gasteiger partial charge in [-0.15, -0.1) is 0 Å². The minimum atomic E-state index is -0.996. The lowest BCUT2D eigenvalue weighted by Crippen LogP contribution is -2.49. The second-order valence-corrected chi connectivity index (χ2v) is 13.8. The SMILES string of the molecule is CCCCCC(C(=O)NCNC(=O)c1ccc(-c2ccc(C=O)c(OCC)c2)o1)C(CC)N(C=O)OC(=O)c1ccc(CN2CCOCC2)cc1.CNC(CC=O)C(=O)O.CO. The molecule has 3 amide bonds. The Hall–Kier alpha value is -5.95. The van der Waals surface area contributed by atoms with Crippen LogP contribution < -0.4 is 20.7 Å². The topological polar surface area (TPSA) is 243 Å². The van der Waals surface area contributed by atoms with Gasteiger partial charge in [0, 0.05) is 38.7 Å². The maximum atomic E-state index is 13.5. The summed E-state index contributed by atoms with van der Waals surface area (Å²) < 4.78 is 16.7. The van der Waals surface area contributed by atoms with Gasteiger partial charge in [-0.1, -0.05) is 51.3 Å². The number of aliphatic hydroxyl groups excluding tert-OH is 1. The summed E-state index contributed by atoms with van der Waals surface area (Å²) in [6.45, 7) is 9.67. The molecule has 0 radical (unpaired) electrons. The molecule has 18 nitrogen and oxygen atoms in total. The molecule has 2 heterocycles. The molecule has 62 heavy (non-hydrogen) atoms. The fraction of sp³-hybridized carbons (Fsp3) is 0.477. The molecular weight excluding hydrogens is 807 g/mol. The molecule has 2 aromatic carbocycles. The first-order valence-corrected chi connectivity index (χ1v) is 20.5. The normalized spacial score (nSPS) is 13.6. The predicted octanol–water partition coefficient (Wildman–Crippen LogP) is 3.86. The van der Waals surface area contributed by atoms with Crippen molar-refractivity contribution in [1.82, 2.24) is 25.9 Å². The van der Waals surface area contributed by atoms with Gasteiger partial charge < -0.3 is 49.7 Å². The van der Waals surface area contributed by atoms with Gasteiger partial charge in [0.25, 0.3) is 5.91 Å². The Morgan fingerprint density at radius 3 is 2.21 bits per heavy atom. The molecule has 4 rings (SSSR count). The van der Waals surface area contributed by atoms with Crippen LogP contribution in [-0.4, -0.2) is 129 Å². The summed E-state index contributed by atoms with van der Waals surface area (Å²) >= 11 is 0. The van der Waals surface area contributed by atoms with Crippen LogP contribution in [0, 0.1) is 5.92 Å². The van der Waals surface area contributed by atoms with Crippen molar-refractivity contribution in [2.45, 2.75) is 77.9 Å². The molecular formula is C44H61N5O13. The van der Waals surface area contributed by atoms with E-state index in [1.807, 2.05) is 32.9 Å². The molecule has 5 N–H and O–H groups in total. The molecule has 0 spiro atoms. The van der Waals surface area contributed by atoms with Crippen molar-refractivity contribution in [2.75, 3.05) is 53.7 Å². The second-order valence-electron chi connectivity index (χ2n) is 13.8. The first kappa shape index (κ1) is 52.2. The second kappa shape index (κ2) is 29.3. The molecule has 0 bridgehead atoms. The van der Waals surface area contributed by atoms with E-state index in [1.54, 1.807) is 36.4 Å². The fourth-order valence-corrected chi connectivity index (χ4v) is 6.38. The van der Waals surface area contributed by atoms with Crippen molar-refractivity contribution in [3.05, 3.63) is 77.0 Å². The van der Waals surface area contributed by atoms with E-state index < -0.39 is 41.8 Å². The number of aldehydes is 2. The highest BCUT2D eigenvalue weighted by Gasteiger charge is 2.33. The smallest absolute Gasteiger partial charge is 0.363 e. The molecule has 18 heteroatoms. The van der Waals surface area contributed by atoms with E-state index in [0.717, 1.165) is 56.6 Å². The summed E-state index contributed by atoms with van der Waals surface area (Å²) in [6.07, 6.45) is 5.04. The number of carbonyl (C=O) groups excluding carboxylic acids is 6. The third kappa shape index (κ3) is 16.8. The first-order valence-electron chi connectivity index (χ1n) is 20.5. The van der Waals surface area contributed by atoms with E-state index in [2.05, 4.69) is 20.9 Å². The Kier molecular flexibility index (Phi) is 24.7. The fourth-order valence-electron chi connectivity index (χ4n) is 6.38. The number of hydroxylamine groups is 2. The summed E-state index contributed by atoms with van der Waals surface area (Å²) in [5, 5.41) is 24.1. The van der Waals surface area contributed by atoms with Gasteiger partial charge in [0.1, 0.15) is 23.8 Å². The monoisotopic (exact) mass is 867 g/mol. The first-order chi connectivity index (χ1) is 30.0. The average molecular weight is 868 g/mol. The molecule has 1 aromatic heterocycles. The average Bonchev–Trinajstić information content (AvgIpc) is 3.80. The van der Waals surface area contributed by atoms with E-state index >= 15 is 0 Å². The number of likely N-dealkylation sites (N-methyl/N-ethyl adjacent to an activating group) is 1. The molecule has 0 saturated carbocycles. The molecule has 340 valence electrons. The highest BCUT2D eigenvalue weighted by atomic mass is 16.7. The number of nitrogens with zero attached hydrogens (tertiary/aromatic N) is 2. The third-order valence-electron chi connectivity index (χ3n) is 9.70. The van der Waals surface area contributed by atoms with E-state index in [9.17, 15) is 33.6 Å². The van der Waals surface area contributed by atoms with Crippen LogP contribution in [0.3, 0.4) is 0 Å². The number of rotatable bonds is 24. The van der Waals surface area contributed by atoms with Crippen molar-refractivity contribution in [1.29, 1.82) is 0 Å². The molecule has 1 aliphatic rings. The van der Waals surface area contributed by atoms with Gasteiger partial charge >= 0.3 is 11.9 Å². The Labute approximate surface area is 362 Å². The van der Waals surface area contributed by atoms with Crippen molar-refractivity contribution >= 4 is 42.7 Å². The van der Waals surface area contributed by atoms with E-state index in [-0.39, 0.29) is 24.4 Å². The number of benzene rings is 2. The van der Waals surface area contributed by atoms with Gasteiger partial charge in [-0.2, -0.15) is 5.06 Å². The minimum Gasteiger partial charge on any atom is -0.493 e. The number of morpholine rings is 1. The summed E-state index contributed by atoms with van der Waals surface area (Å²) in [7, 11) is 2.50. The highest BCUT2D eigenvalue weighted by Crippen LogP contribution is 2.28. The van der Waals surface area contributed by atoms with Gasteiger partial charge in [-0.05, 0) is 68.8 Å². The largest absolute Gasteiger partial charge is 0.493 e. The maximum absolute atomic E-state index is 13.5. The van der Waals surface area contributed by atoms with Gasteiger partial charge in [-0.3, -0.25) is 28.9 Å². The highest BCUT2D eigenvalue weighted by molar-refractivity contribution is 5.92. The van der Waals surface area contributed by atoms with Gasteiger partial charge in [-0.25, -0.2) is 4.79 Å². The molecule has 0 aliphatic carbocycles. The zero-order chi connectivity index (χ0) is 45.9. The Balaban J connectivity index is 0.00000107. The molecule has 1 saturated heterocycles. The van der Waals surface area contributed by atoms with Crippen LogP contribution >= 0.6 is 0 Å². The number of hydrogen-bond acceptors (Lipinski definition) is 14. The van der Waals surface area contributed by atoms with Crippen molar-refractivity contribution in [3.63, 3.8) is 0 Å². The number of aliphatic carboxylic acids is 1. The minimum absolute atomic E-state index is 0.0197. The summed E-state index contributed by atoms with van der Waals surface area (Å²) in [4.78, 5) is 90.8. The number of furan rings is 1. The molecule has 1 aliphatic heterocycles. The molecule has 1 fully saturated rings. The Morgan fingerprint density at radius 2 is 1.65 bits per heavy atom. The van der Waals surface area contributed by atoms with E-state index in [0.29, 0.717) is 74.3 Å². The predicted molar refractivity (Wildman–Crippen MR) is 228 cm³/mol. The molecule has 3 atom stereocenters. The van der Waals surface area contributed by atoms with Crippen LogP contribution in [0.5, 0.6) is 5.75 Å². The van der Waals surface area contributed by atoms with Crippen LogP contribution in [0.1, 0.15) is 96.1 Å². The third-order valence-corrected chi connectivity index (χ3v) is 9.70. The van der Waals surface area contributed by atoms with E-state index in [4.69, 9.17) is 28.9 Å².